The monoisotopic (exact) mass is 141 g/mol. The van der Waals surface area contributed by atoms with Crippen LogP contribution in [0, 0.1) is 11.3 Å². The maximum absolute atomic E-state index is 10.5. The lowest BCUT2D eigenvalue weighted by Crippen LogP contribution is -2.22. The van der Waals surface area contributed by atoms with Gasteiger partial charge in [0.25, 0.3) is 0 Å². The summed E-state index contributed by atoms with van der Waals surface area (Å²) in [5.41, 5.74) is 0.520. The Morgan fingerprint density at radius 2 is 1.80 bits per heavy atom. The predicted octanol–water partition coefficient (Wildman–Crippen LogP) is 2.63. The van der Waals surface area contributed by atoms with Crippen molar-refractivity contribution in [2.75, 3.05) is 6.61 Å². The molecule has 1 aliphatic rings. The molecule has 0 spiro atoms. The molecular formula is C9H17O. The summed E-state index contributed by atoms with van der Waals surface area (Å²) in [6.07, 6.45) is 4.83. The standard InChI is InChI=1S/C9H17O/c1-9(2)5-3-8(7-10)4-6-9/h8H,3-7H2,1-2H3. The molecule has 1 rings (SSSR count). The van der Waals surface area contributed by atoms with Crippen molar-refractivity contribution in [2.24, 2.45) is 11.3 Å². The molecule has 0 N–H and O–H groups in total. The van der Waals surface area contributed by atoms with Crippen LogP contribution in [0.3, 0.4) is 0 Å². The highest BCUT2D eigenvalue weighted by atomic mass is 16.3. The van der Waals surface area contributed by atoms with Gasteiger partial charge in [-0.15, -0.1) is 0 Å². The molecular weight excluding hydrogens is 124 g/mol. The third kappa shape index (κ3) is 1.98. The summed E-state index contributed by atoms with van der Waals surface area (Å²) in [6, 6.07) is 0. The summed E-state index contributed by atoms with van der Waals surface area (Å²) in [6.45, 7) is 4.75. The Bertz CT molecular complexity index is 97.3. The Morgan fingerprint density at radius 1 is 1.30 bits per heavy atom. The minimum atomic E-state index is 0.149. The molecule has 10 heavy (non-hydrogen) atoms. The van der Waals surface area contributed by atoms with Crippen LogP contribution in [0.15, 0.2) is 0 Å². The molecule has 0 amide bonds. The van der Waals surface area contributed by atoms with Crippen LogP contribution in [0.25, 0.3) is 0 Å². The van der Waals surface area contributed by atoms with Gasteiger partial charge in [0.05, 0.1) is 6.61 Å². The molecule has 1 aliphatic carbocycles. The second kappa shape index (κ2) is 2.91. The zero-order chi connectivity index (χ0) is 7.61. The van der Waals surface area contributed by atoms with Gasteiger partial charge in [-0.25, -0.2) is 5.11 Å². The van der Waals surface area contributed by atoms with Gasteiger partial charge >= 0.3 is 0 Å². The van der Waals surface area contributed by atoms with E-state index in [0.717, 1.165) is 12.8 Å². The van der Waals surface area contributed by atoms with E-state index in [-0.39, 0.29) is 6.61 Å². The Kier molecular flexibility index (Phi) is 2.35. The van der Waals surface area contributed by atoms with E-state index in [2.05, 4.69) is 13.8 Å². The fourth-order valence-corrected chi connectivity index (χ4v) is 1.63. The van der Waals surface area contributed by atoms with Crippen molar-refractivity contribution in [2.45, 2.75) is 39.5 Å². The molecule has 0 bridgehead atoms. The average Bonchev–Trinajstić information content (AvgIpc) is 1.88. The van der Waals surface area contributed by atoms with E-state index in [0.29, 0.717) is 11.3 Å². The minimum Gasteiger partial charge on any atom is -0.236 e. The van der Waals surface area contributed by atoms with Crippen LogP contribution < -0.4 is 0 Å². The predicted molar refractivity (Wildman–Crippen MR) is 41.3 cm³/mol. The third-order valence-electron chi connectivity index (χ3n) is 2.69. The molecule has 0 saturated heterocycles. The topological polar surface area (TPSA) is 19.9 Å². The number of hydrogen-bond donors (Lipinski definition) is 0. The summed E-state index contributed by atoms with van der Waals surface area (Å²) in [5, 5.41) is 10.5. The molecule has 0 unspecified atom stereocenters. The highest BCUT2D eigenvalue weighted by Crippen LogP contribution is 2.37. The van der Waals surface area contributed by atoms with Crippen LogP contribution in [0.1, 0.15) is 39.5 Å². The van der Waals surface area contributed by atoms with E-state index >= 15 is 0 Å². The fraction of sp³-hybridized carbons (Fsp3) is 1.00. The number of rotatable bonds is 1. The second-order valence-corrected chi connectivity index (χ2v) is 4.27. The van der Waals surface area contributed by atoms with Crippen molar-refractivity contribution < 1.29 is 5.11 Å². The van der Waals surface area contributed by atoms with Crippen LogP contribution in [0.5, 0.6) is 0 Å². The van der Waals surface area contributed by atoms with E-state index in [9.17, 15) is 5.11 Å². The van der Waals surface area contributed by atoms with Crippen molar-refractivity contribution in [3.05, 3.63) is 0 Å². The van der Waals surface area contributed by atoms with Gasteiger partial charge in [-0.05, 0) is 37.0 Å². The van der Waals surface area contributed by atoms with Crippen molar-refractivity contribution in [3.63, 3.8) is 0 Å². The SMILES string of the molecule is CC1(C)CCC(C[O])CC1. The Hall–Kier alpha value is -0.0400. The lowest BCUT2D eigenvalue weighted by molar-refractivity contribution is 0.0902. The van der Waals surface area contributed by atoms with Crippen LogP contribution in [0.2, 0.25) is 0 Å². The van der Waals surface area contributed by atoms with Gasteiger partial charge in [0.1, 0.15) is 0 Å². The molecule has 1 saturated carbocycles. The van der Waals surface area contributed by atoms with Gasteiger partial charge in [0.2, 0.25) is 0 Å². The van der Waals surface area contributed by atoms with Crippen LogP contribution in [-0.2, 0) is 5.11 Å². The fourth-order valence-electron chi connectivity index (χ4n) is 1.63. The highest BCUT2D eigenvalue weighted by Gasteiger charge is 2.26. The largest absolute Gasteiger partial charge is 0.236 e. The van der Waals surface area contributed by atoms with E-state index < -0.39 is 0 Å². The molecule has 0 heterocycles. The van der Waals surface area contributed by atoms with Gasteiger partial charge in [0.15, 0.2) is 0 Å². The molecule has 1 heteroatoms. The van der Waals surface area contributed by atoms with Crippen molar-refractivity contribution in [1.82, 2.24) is 0 Å². The van der Waals surface area contributed by atoms with Crippen LogP contribution in [0.4, 0.5) is 0 Å². The molecule has 0 aromatic heterocycles. The van der Waals surface area contributed by atoms with E-state index in [1.165, 1.54) is 12.8 Å². The van der Waals surface area contributed by atoms with Gasteiger partial charge in [0, 0.05) is 0 Å². The smallest absolute Gasteiger partial charge is 0.0850 e. The Balaban J connectivity index is 2.31. The zero-order valence-corrected chi connectivity index (χ0v) is 7.02. The summed E-state index contributed by atoms with van der Waals surface area (Å²) in [7, 11) is 0. The van der Waals surface area contributed by atoms with Gasteiger partial charge < -0.3 is 0 Å². The minimum absolute atomic E-state index is 0.149. The number of hydrogen-bond acceptors (Lipinski definition) is 0. The van der Waals surface area contributed by atoms with E-state index in [1.54, 1.807) is 0 Å². The first kappa shape index (κ1) is 8.06. The van der Waals surface area contributed by atoms with Gasteiger partial charge in [-0.3, -0.25) is 0 Å². The van der Waals surface area contributed by atoms with Crippen molar-refractivity contribution in [1.29, 1.82) is 0 Å². The van der Waals surface area contributed by atoms with Gasteiger partial charge in [-0.2, -0.15) is 0 Å². The molecule has 0 aromatic carbocycles. The van der Waals surface area contributed by atoms with Crippen molar-refractivity contribution in [3.8, 4) is 0 Å². The van der Waals surface area contributed by atoms with Crippen LogP contribution in [-0.4, -0.2) is 6.61 Å². The van der Waals surface area contributed by atoms with Crippen molar-refractivity contribution >= 4 is 0 Å². The molecule has 0 aromatic rings. The Morgan fingerprint density at radius 3 is 2.20 bits per heavy atom. The summed E-state index contributed by atoms with van der Waals surface area (Å²) in [4.78, 5) is 0. The molecule has 1 radical (unpaired) electrons. The summed E-state index contributed by atoms with van der Waals surface area (Å²) in [5.74, 6) is 0.494. The summed E-state index contributed by atoms with van der Waals surface area (Å²) < 4.78 is 0. The normalized spacial score (nSPS) is 26.7. The second-order valence-electron chi connectivity index (χ2n) is 4.27. The molecule has 0 atom stereocenters. The molecule has 59 valence electrons. The van der Waals surface area contributed by atoms with Gasteiger partial charge in [-0.1, -0.05) is 13.8 Å². The maximum atomic E-state index is 10.5. The first-order valence-corrected chi connectivity index (χ1v) is 4.22. The van der Waals surface area contributed by atoms with E-state index in [4.69, 9.17) is 0 Å². The Labute approximate surface area is 63.4 Å². The molecule has 0 aliphatic heterocycles. The highest BCUT2D eigenvalue weighted by molar-refractivity contribution is 4.77. The zero-order valence-electron chi connectivity index (χ0n) is 7.02. The lowest BCUT2D eigenvalue weighted by Gasteiger charge is -2.33. The average molecular weight is 141 g/mol. The first-order valence-electron chi connectivity index (χ1n) is 4.22. The molecule has 1 nitrogen and oxygen atoms in total. The van der Waals surface area contributed by atoms with Crippen LogP contribution >= 0.6 is 0 Å². The quantitative estimate of drug-likeness (QED) is 0.535. The lowest BCUT2D eigenvalue weighted by atomic mass is 9.73. The maximum Gasteiger partial charge on any atom is 0.0850 e. The third-order valence-corrected chi connectivity index (χ3v) is 2.69. The molecule has 1 fully saturated rings. The first-order chi connectivity index (χ1) is 4.64. The summed E-state index contributed by atoms with van der Waals surface area (Å²) >= 11 is 0. The van der Waals surface area contributed by atoms with E-state index in [1.807, 2.05) is 0 Å².